The van der Waals surface area contributed by atoms with Gasteiger partial charge in [0.25, 0.3) is 0 Å². The number of rotatable bonds is 6. The molecule has 2 fully saturated rings. The molecule has 2 saturated heterocycles. The van der Waals surface area contributed by atoms with Crippen LogP contribution in [0.4, 0.5) is 17.5 Å². The average Bonchev–Trinajstić information content (AvgIpc) is 3.28. The summed E-state index contributed by atoms with van der Waals surface area (Å²) in [4.78, 5) is 18.1. The minimum absolute atomic E-state index is 0.0556. The van der Waals surface area contributed by atoms with Crippen LogP contribution in [0.15, 0.2) is 30.6 Å². The average molecular weight is 370 g/mol. The lowest BCUT2D eigenvalue weighted by Gasteiger charge is -2.37. The van der Waals surface area contributed by atoms with Gasteiger partial charge in [-0.15, -0.1) is 0 Å². The Morgan fingerprint density at radius 2 is 1.89 bits per heavy atom. The fourth-order valence-corrected chi connectivity index (χ4v) is 3.59. The molecule has 4 rings (SSSR count). The third kappa shape index (κ3) is 4.28. The van der Waals surface area contributed by atoms with Gasteiger partial charge in [0.2, 0.25) is 5.95 Å². The third-order valence-corrected chi connectivity index (χ3v) is 5.11. The highest BCUT2D eigenvalue weighted by atomic mass is 16.5. The van der Waals surface area contributed by atoms with Gasteiger partial charge in [-0.3, -0.25) is 4.98 Å². The van der Waals surface area contributed by atoms with Crippen molar-refractivity contribution in [1.82, 2.24) is 15.0 Å². The van der Waals surface area contributed by atoms with Gasteiger partial charge in [0, 0.05) is 69.4 Å². The summed E-state index contributed by atoms with van der Waals surface area (Å²) >= 11 is 0. The van der Waals surface area contributed by atoms with Crippen LogP contribution in [0, 0.1) is 0 Å². The predicted octanol–water partition coefficient (Wildman–Crippen LogP) is 1.11. The Kier molecular flexibility index (Phi) is 5.64. The fraction of sp³-hybridized carbons (Fsp3) is 0.526. The van der Waals surface area contributed by atoms with E-state index in [0.717, 1.165) is 50.7 Å². The summed E-state index contributed by atoms with van der Waals surface area (Å²) in [6, 6.07) is 6.20. The van der Waals surface area contributed by atoms with Crippen molar-refractivity contribution in [2.24, 2.45) is 0 Å². The van der Waals surface area contributed by atoms with E-state index in [-0.39, 0.29) is 6.61 Å². The molecule has 8 heteroatoms. The maximum Gasteiger partial charge on any atom is 0.224 e. The summed E-state index contributed by atoms with van der Waals surface area (Å²) < 4.78 is 5.53. The Bertz CT molecular complexity index is 730. The molecule has 0 saturated carbocycles. The van der Waals surface area contributed by atoms with Crippen molar-refractivity contribution in [3.63, 3.8) is 0 Å². The van der Waals surface area contributed by atoms with Crippen molar-refractivity contribution < 1.29 is 9.84 Å². The van der Waals surface area contributed by atoms with E-state index >= 15 is 0 Å². The zero-order valence-corrected chi connectivity index (χ0v) is 15.4. The van der Waals surface area contributed by atoms with Crippen LogP contribution in [0.5, 0.6) is 0 Å². The number of aliphatic hydroxyl groups is 1. The first-order valence-corrected chi connectivity index (χ1v) is 9.55. The second-order valence-corrected chi connectivity index (χ2v) is 6.87. The molecule has 2 N–H and O–H groups in total. The minimum Gasteiger partial charge on any atom is -0.395 e. The molecular formula is C19H26N6O2. The van der Waals surface area contributed by atoms with E-state index < -0.39 is 0 Å². The van der Waals surface area contributed by atoms with Crippen LogP contribution in [0.3, 0.4) is 0 Å². The van der Waals surface area contributed by atoms with Crippen molar-refractivity contribution in [1.29, 1.82) is 0 Å². The zero-order valence-electron chi connectivity index (χ0n) is 15.4. The van der Waals surface area contributed by atoms with Crippen molar-refractivity contribution in [2.45, 2.75) is 12.3 Å². The summed E-state index contributed by atoms with van der Waals surface area (Å²) in [6.07, 6.45) is 4.66. The molecule has 1 atom stereocenters. The zero-order chi connectivity index (χ0) is 18.5. The quantitative estimate of drug-likeness (QED) is 0.782. The van der Waals surface area contributed by atoms with E-state index in [1.165, 1.54) is 5.69 Å². The molecule has 0 amide bonds. The lowest BCUT2D eigenvalue weighted by molar-refractivity contribution is 0.193. The molecule has 0 spiro atoms. The van der Waals surface area contributed by atoms with E-state index in [1.54, 1.807) is 0 Å². The summed E-state index contributed by atoms with van der Waals surface area (Å²) in [6.45, 7) is 5.68. The smallest absolute Gasteiger partial charge is 0.224 e. The number of nitrogens with zero attached hydrogens (tertiary/aromatic N) is 5. The summed E-state index contributed by atoms with van der Waals surface area (Å²) in [7, 11) is 0. The second-order valence-electron chi connectivity index (χ2n) is 6.87. The second kappa shape index (κ2) is 8.49. The number of hydrogen-bond acceptors (Lipinski definition) is 8. The third-order valence-electron chi connectivity index (χ3n) is 5.11. The van der Waals surface area contributed by atoms with Crippen molar-refractivity contribution in [3.05, 3.63) is 36.3 Å². The van der Waals surface area contributed by atoms with E-state index in [9.17, 15) is 0 Å². The lowest BCUT2D eigenvalue weighted by atomic mass is 10.0. The number of ether oxygens (including phenoxy) is 1. The van der Waals surface area contributed by atoms with E-state index in [1.807, 2.05) is 12.4 Å². The first-order valence-electron chi connectivity index (χ1n) is 9.55. The molecule has 0 radical (unpaired) electrons. The largest absolute Gasteiger partial charge is 0.395 e. The molecular weight excluding hydrogens is 344 g/mol. The Morgan fingerprint density at radius 1 is 1.11 bits per heavy atom. The molecule has 27 heavy (non-hydrogen) atoms. The Balaban J connectivity index is 1.49. The lowest BCUT2D eigenvalue weighted by Crippen LogP contribution is -2.47. The van der Waals surface area contributed by atoms with Gasteiger partial charge in [0.15, 0.2) is 0 Å². The van der Waals surface area contributed by atoms with Crippen LogP contribution >= 0.6 is 0 Å². The highest BCUT2D eigenvalue weighted by Crippen LogP contribution is 2.28. The molecule has 4 heterocycles. The Labute approximate surface area is 159 Å². The standard InChI is InChI=1S/C19H26N6O2/c26-11-6-21-19-22-17(15-3-12-27-14-15)13-18(23-19)25-9-7-24(8-10-25)16-1-4-20-5-2-16/h1-2,4-5,13,15,26H,3,6-12,14H2,(H,21,22,23). The van der Waals surface area contributed by atoms with Gasteiger partial charge in [-0.2, -0.15) is 4.98 Å². The molecule has 8 nitrogen and oxygen atoms in total. The van der Waals surface area contributed by atoms with Gasteiger partial charge < -0.3 is 25.0 Å². The highest BCUT2D eigenvalue weighted by molar-refractivity contribution is 5.50. The first kappa shape index (κ1) is 17.9. The number of aromatic nitrogens is 3. The number of nitrogens with one attached hydrogen (secondary N) is 1. The monoisotopic (exact) mass is 370 g/mol. The molecule has 2 aromatic rings. The van der Waals surface area contributed by atoms with Gasteiger partial charge >= 0.3 is 0 Å². The Hall–Kier alpha value is -2.45. The maximum absolute atomic E-state index is 9.11. The molecule has 144 valence electrons. The van der Waals surface area contributed by atoms with Crippen LogP contribution in [-0.2, 0) is 4.74 Å². The molecule has 2 aliphatic heterocycles. The van der Waals surface area contributed by atoms with Crippen LogP contribution in [0.2, 0.25) is 0 Å². The van der Waals surface area contributed by atoms with Crippen LogP contribution in [-0.4, -0.2) is 72.6 Å². The van der Waals surface area contributed by atoms with Crippen LogP contribution < -0.4 is 15.1 Å². The van der Waals surface area contributed by atoms with Crippen LogP contribution in [0.25, 0.3) is 0 Å². The van der Waals surface area contributed by atoms with Crippen LogP contribution in [0.1, 0.15) is 18.0 Å². The summed E-state index contributed by atoms with van der Waals surface area (Å²) in [5.41, 5.74) is 2.23. The fourth-order valence-electron chi connectivity index (χ4n) is 3.59. The van der Waals surface area contributed by atoms with Crippen molar-refractivity contribution >= 4 is 17.5 Å². The van der Waals surface area contributed by atoms with E-state index in [4.69, 9.17) is 9.84 Å². The topological polar surface area (TPSA) is 86.6 Å². The number of aliphatic hydroxyl groups excluding tert-OH is 1. The number of pyridine rings is 1. The number of anilines is 3. The van der Waals surface area contributed by atoms with E-state index in [2.05, 4.69) is 48.3 Å². The number of piperazine rings is 1. The molecule has 2 aromatic heterocycles. The summed E-state index contributed by atoms with van der Waals surface area (Å²) in [5, 5.41) is 12.2. The van der Waals surface area contributed by atoms with Gasteiger partial charge in [-0.1, -0.05) is 0 Å². The van der Waals surface area contributed by atoms with Crippen molar-refractivity contribution in [3.8, 4) is 0 Å². The normalized spacial score (nSPS) is 20.1. The molecule has 1 unspecified atom stereocenters. The molecule has 0 aromatic carbocycles. The SMILES string of the molecule is OCCNc1nc(C2CCOC2)cc(N2CCN(c3ccncc3)CC2)n1. The summed E-state index contributed by atoms with van der Waals surface area (Å²) in [5.74, 6) is 1.85. The predicted molar refractivity (Wildman–Crippen MR) is 104 cm³/mol. The number of hydrogen-bond donors (Lipinski definition) is 2. The molecule has 2 aliphatic rings. The van der Waals surface area contributed by atoms with Gasteiger partial charge in [-0.25, -0.2) is 4.98 Å². The van der Waals surface area contributed by atoms with Gasteiger partial charge in [0.1, 0.15) is 5.82 Å². The van der Waals surface area contributed by atoms with E-state index in [0.29, 0.717) is 25.0 Å². The van der Waals surface area contributed by atoms with Gasteiger partial charge in [0.05, 0.1) is 18.9 Å². The highest BCUT2D eigenvalue weighted by Gasteiger charge is 2.24. The van der Waals surface area contributed by atoms with Gasteiger partial charge in [-0.05, 0) is 18.6 Å². The Morgan fingerprint density at radius 3 is 2.59 bits per heavy atom. The molecule has 0 aliphatic carbocycles. The molecule has 0 bridgehead atoms. The van der Waals surface area contributed by atoms with Crippen molar-refractivity contribution in [2.75, 3.05) is 67.7 Å². The maximum atomic E-state index is 9.11. The minimum atomic E-state index is 0.0556. The first-order chi connectivity index (χ1) is 13.3.